The van der Waals surface area contributed by atoms with Crippen LogP contribution in [0, 0.1) is 5.92 Å². The van der Waals surface area contributed by atoms with Crippen LogP contribution in [0.5, 0.6) is 0 Å². The molecule has 0 unspecified atom stereocenters. The number of benzene rings is 1. The summed E-state index contributed by atoms with van der Waals surface area (Å²) >= 11 is 0. The van der Waals surface area contributed by atoms with Gasteiger partial charge in [-0.25, -0.2) is 13.1 Å². The van der Waals surface area contributed by atoms with Crippen LogP contribution < -0.4 is 9.62 Å². The first-order chi connectivity index (χ1) is 10.3. The van der Waals surface area contributed by atoms with Crippen LogP contribution in [0.15, 0.2) is 29.2 Å². The summed E-state index contributed by atoms with van der Waals surface area (Å²) in [6, 6.07) is 6.56. The zero-order valence-corrected chi connectivity index (χ0v) is 13.6. The summed E-state index contributed by atoms with van der Waals surface area (Å²) in [6.07, 6.45) is 2.15. The predicted molar refractivity (Wildman–Crippen MR) is 84.5 cm³/mol. The molecule has 0 spiro atoms. The third-order valence-electron chi connectivity index (χ3n) is 4.04. The minimum Gasteiger partial charge on any atom is -0.481 e. The zero-order chi connectivity index (χ0) is 16.3. The number of carboxylic acid groups (broad SMARTS) is 1. The molecule has 0 radical (unpaired) electrons. The minimum absolute atomic E-state index is 0.191. The Hall–Kier alpha value is -1.60. The number of sulfonamides is 1. The number of nitrogens with one attached hydrogen (secondary N) is 1. The number of anilines is 1. The SMILES string of the molecule is CN(C)c1cccc(S(=O)(=O)NC2CCC(C(=O)O)CC2)c1. The first-order valence-corrected chi connectivity index (χ1v) is 8.80. The highest BCUT2D eigenvalue weighted by Crippen LogP contribution is 2.26. The van der Waals surface area contributed by atoms with Crippen molar-refractivity contribution in [3.05, 3.63) is 24.3 Å². The maximum absolute atomic E-state index is 12.4. The Labute approximate surface area is 131 Å². The highest BCUT2D eigenvalue weighted by atomic mass is 32.2. The van der Waals surface area contributed by atoms with E-state index in [9.17, 15) is 13.2 Å². The standard InChI is InChI=1S/C15H22N2O4S/c1-17(2)13-4-3-5-14(10-13)22(20,21)16-12-8-6-11(7-9-12)15(18)19/h3-5,10-12,16H,6-9H2,1-2H3,(H,18,19). The highest BCUT2D eigenvalue weighted by Gasteiger charge is 2.28. The molecule has 1 fully saturated rings. The molecule has 0 aromatic heterocycles. The van der Waals surface area contributed by atoms with Crippen LogP contribution >= 0.6 is 0 Å². The molecule has 22 heavy (non-hydrogen) atoms. The van der Waals surface area contributed by atoms with Gasteiger partial charge >= 0.3 is 5.97 Å². The van der Waals surface area contributed by atoms with Crippen molar-refractivity contribution in [3.8, 4) is 0 Å². The van der Waals surface area contributed by atoms with E-state index < -0.39 is 16.0 Å². The van der Waals surface area contributed by atoms with E-state index >= 15 is 0 Å². The van der Waals surface area contributed by atoms with Gasteiger partial charge in [0.2, 0.25) is 10.0 Å². The molecule has 0 saturated heterocycles. The normalized spacial score (nSPS) is 22.3. The number of carboxylic acids is 1. The van der Waals surface area contributed by atoms with Gasteiger partial charge in [-0.05, 0) is 43.9 Å². The summed E-state index contributed by atoms with van der Waals surface area (Å²) in [5.41, 5.74) is 0.817. The maximum Gasteiger partial charge on any atom is 0.306 e. The molecule has 1 aromatic rings. The Morgan fingerprint density at radius 2 is 1.86 bits per heavy atom. The lowest BCUT2D eigenvalue weighted by molar-refractivity contribution is -0.142. The lowest BCUT2D eigenvalue weighted by atomic mass is 9.87. The summed E-state index contributed by atoms with van der Waals surface area (Å²) in [4.78, 5) is 13.0. The van der Waals surface area contributed by atoms with Crippen LogP contribution in [0.1, 0.15) is 25.7 Å². The lowest BCUT2D eigenvalue weighted by Gasteiger charge is -2.26. The lowest BCUT2D eigenvalue weighted by Crippen LogP contribution is -2.38. The number of hydrogen-bond donors (Lipinski definition) is 2. The number of hydrogen-bond acceptors (Lipinski definition) is 4. The summed E-state index contributed by atoms with van der Waals surface area (Å²) < 4.78 is 27.6. The van der Waals surface area contributed by atoms with E-state index in [1.165, 1.54) is 0 Å². The molecule has 7 heteroatoms. The topological polar surface area (TPSA) is 86.7 Å². The molecule has 0 heterocycles. The molecular weight excluding hydrogens is 304 g/mol. The van der Waals surface area contributed by atoms with Gasteiger partial charge in [-0.3, -0.25) is 4.79 Å². The van der Waals surface area contributed by atoms with Crippen LogP contribution in [-0.4, -0.2) is 39.6 Å². The molecule has 0 bridgehead atoms. The first kappa shape index (κ1) is 16.8. The van der Waals surface area contributed by atoms with Gasteiger partial charge in [-0.15, -0.1) is 0 Å². The first-order valence-electron chi connectivity index (χ1n) is 7.32. The molecule has 122 valence electrons. The number of carbonyl (C=O) groups is 1. The van der Waals surface area contributed by atoms with Crippen molar-refractivity contribution in [2.24, 2.45) is 5.92 Å². The highest BCUT2D eigenvalue weighted by molar-refractivity contribution is 7.89. The van der Waals surface area contributed by atoms with E-state index in [2.05, 4.69) is 4.72 Å². The van der Waals surface area contributed by atoms with Gasteiger partial charge in [0, 0.05) is 25.8 Å². The Morgan fingerprint density at radius 3 is 2.41 bits per heavy atom. The predicted octanol–water partition coefficient (Wildman–Crippen LogP) is 1.67. The number of aliphatic carboxylic acids is 1. The zero-order valence-electron chi connectivity index (χ0n) is 12.8. The van der Waals surface area contributed by atoms with Crippen molar-refractivity contribution in [1.29, 1.82) is 0 Å². The average Bonchev–Trinajstić information content (AvgIpc) is 2.47. The maximum atomic E-state index is 12.4. The van der Waals surface area contributed by atoms with E-state index in [0.717, 1.165) is 5.69 Å². The fourth-order valence-electron chi connectivity index (χ4n) is 2.67. The smallest absolute Gasteiger partial charge is 0.306 e. The Balaban J connectivity index is 2.06. The summed E-state index contributed by atoms with van der Waals surface area (Å²) in [5.74, 6) is -1.14. The van der Waals surface area contributed by atoms with Crippen molar-refractivity contribution in [2.75, 3.05) is 19.0 Å². The van der Waals surface area contributed by atoms with Crippen molar-refractivity contribution >= 4 is 21.7 Å². The fourth-order valence-corrected chi connectivity index (χ4v) is 4.02. The Morgan fingerprint density at radius 1 is 1.23 bits per heavy atom. The van der Waals surface area contributed by atoms with Gasteiger partial charge < -0.3 is 10.0 Å². The Bertz CT molecular complexity index is 635. The van der Waals surface area contributed by atoms with Gasteiger partial charge in [0.1, 0.15) is 0 Å². The van der Waals surface area contributed by atoms with Crippen molar-refractivity contribution in [2.45, 2.75) is 36.6 Å². The molecule has 2 rings (SSSR count). The second-order valence-corrected chi connectivity index (χ2v) is 7.61. The molecule has 0 atom stereocenters. The van der Waals surface area contributed by atoms with Gasteiger partial charge in [-0.1, -0.05) is 6.07 Å². The van der Waals surface area contributed by atoms with E-state index in [4.69, 9.17) is 5.11 Å². The molecule has 0 aliphatic heterocycles. The van der Waals surface area contributed by atoms with E-state index in [-0.39, 0.29) is 16.9 Å². The van der Waals surface area contributed by atoms with Crippen LogP contribution in [0.25, 0.3) is 0 Å². The second-order valence-electron chi connectivity index (χ2n) is 5.90. The fraction of sp³-hybridized carbons (Fsp3) is 0.533. The van der Waals surface area contributed by atoms with E-state index in [1.54, 1.807) is 18.2 Å². The van der Waals surface area contributed by atoms with Crippen molar-refractivity contribution in [1.82, 2.24) is 4.72 Å². The van der Waals surface area contributed by atoms with E-state index in [0.29, 0.717) is 25.7 Å². The quantitative estimate of drug-likeness (QED) is 0.859. The minimum atomic E-state index is -3.58. The average molecular weight is 326 g/mol. The summed E-state index contributed by atoms with van der Waals surface area (Å²) in [6.45, 7) is 0. The number of rotatable bonds is 5. The van der Waals surface area contributed by atoms with Crippen molar-refractivity contribution in [3.63, 3.8) is 0 Å². The molecule has 2 N–H and O–H groups in total. The molecular formula is C15H22N2O4S. The van der Waals surface area contributed by atoms with Crippen LogP contribution in [0.2, 0.25) is 0 Å². The molecule has 0 amide bonds. The van der Waals surface area contributed by atoms with Gasteiger partial charge in [0.05, 0.1) is 10.8 Å². The summed E-state index contributed by atoms with van der Waals surface area (Å²) in [7, 11) is 0.129. The third-order valence-corrected chi connectivity index (χ3v) is 5.56. The molecule has 6 nitrogen and oxygen atoms in total. The Kier molecular flexibility index (Phi) is 5.08. The number of nitrogens with zero attached hydrogens (tertiary/aromatic N) is 1. The second kappa shape index (κ2) is 6.66. The largest absolute Gasteiger partial charge is 0.481 e. The van der Waals surface area contributed by atoms with Crippen LogP contribution in [0.4, 0.5) is 5.69 Å². The van der Waals surface area contributed by atoms with Crippen molar-refractivity contribution < 1.29 is 18.3 Å². The van der Waals surface area contributed by atoms with E-state index in [1.807, 2.05) is 25.1 Å². The van der Waals surface area contributed by atoms with Crippen LogP contribution in [-0.2, 0) is 14.8 Å². The van der Waals surface area contributed by atoms with Gasteiger partial charge in [0.15, 0.2) is 0 Å². The third kappa shape index (κ3) is 3.98. The summed E-state index contributed by atoms with van der Waals surface area (Å²) in [5, 5.41) is 8.97. The molecule has 1 aliphatic carbocycles. The molecule has 1 saturated carbocycles. The van der Waals surface area contributed by atoms with Gasteiger partial charge in [0.25, 0.3) is 0 Å². The van der Waals surface area contributed by atoms with Gasteiger partial charge in [-0.2, -0.15) is 0 Å². The van der Waals surface area contributed by atoms with Crippen LogP contribution in [0.3, 0.4) is 0 Å². The monoisotopic (exact) mass is 326 g/mol. The molecule has 1 aromatic carbocycles. The molecule has 1 aliphatic rings.